The molecule has 0 fully saturated rings. The van der Waals surface area contributed by atoms with Crippen LogP contribution in [0.3, 0.4) is 0 Å². The Hall–Kier alpha value is -3.09. The molecule has 7 heteroatoms. The van der Waals surface area contributed by atoms with Gasteiger partial charge in [0, 0.05) is 12.5 Å². The van der Waals surface area contributed by atoms with E-state index in [1.165, 1.54) is 14.2 Å². The van der Waals surface area contributed by atoms with Crippen LogP contribution in [0.2, 0.25) is 0 Å². The lowest BCUT2D eigenvalue weighted by Crippen LogP contribution is -2.15. The summed E-state index contributed by atoms with van der Waals surface area (Å²) in [7, 11) is 2.71. The third-order valence-electron chi connectivity index (χ3n) is 3.41. The van der Waals surface area contributed by atoms with Gasteiger partial charge < -0.3 is 15.2 Å². The molecule has 0 saturated carbocycles. The molecule has 0 unspecified atom stereocenters. The van der Waals surface area contributed by atoms with Gasteiger partial charge in [-0.3, -0.25) is 14.9 Å². The van der Waals surface area contributed by atoms with E-state index in [-0.39, 0.29) is 29.2 Å². The minimum absolute atomic E-state index is 0.0899. The second-order valence-corrected chi connectivity index (χ2v) is 4.77. The van der Waals surface area contributed by atoms with Crippen molar-refractivity contribution >= 4 is 11.6 Å². The number of nitro groups is 1. The topological polar surface area (TPSA) is 105 Å². The van der Waals surface area contributed by atoms with E-state index in [4.69, 9.17) is 15.2 Å². The third kappa shape index (κ3) is 3.23. The zero-order chi connectivity index (χ0) is 17.0. The predicted octanol–water partition coefficient (Wildman–Crippen LogP) is 2.30. The summed E-state index contributed by atoms with van der Waals surface area (Å²) in [5, 5.41) is 11.4. The SMILES string of the molecule is COc1c(C(N)=O)cc([N+](=O)[O-])c(Cc2ccccc2)c1OC. The van der Waals surface area contributed by atoms with E-state index < -0.39 is 10.8 Å². The summed E-state index contributed by atoms with van der Waals surface area (Å²) in [5.74, 6) is -0.592. The first-order valence-corrected chi connectivity index (χ1v) is 6.75. The van der Waals surface area contributed by atoms with Crippen molar-refractivity contribution in [3.63, 3.8) is 0 Å². The van der Waals surface area contributed by atoms with Gasteiger partial charge >= 0.3 is 0 Å². The molecule has 0 aliphatic rings. The number of rotatable bonds is 6. The third-order valence-corrected chi connectivity index (χ3v) is 3.41. The average molecular weight is 316 g/mol. The predicted molar refractivity (Wildman–Crippen MR) is 84.0 cm³/mol. The Bertz CT molecular complexity index is 744. The lowest BCUT2D eigenvalue weighted by atomic mass is 9.99. The van der Waals surface area contributed by atoms with E-state index in [1.807, 2.05) is 30.3 Å². The van der Waals surface area contributed by atoms with Crippen molar-refractivity contribution in [3.05, 3.63) is 63.2 Å². The fraction of sp³-hybridized carbons (Fsp3) is 0.188. The molecule has 0 bridgehead atoms. The molecule has 0 heterocycles. The van der Waals surface area contributed by atoms with E-state index in [0.29, 0.717) is 5.56 Å². The molecule has 0 aromatic heterocycles. The molecule has 0 saturated heterocycles. The maximum absolute atomic E-state index is 11.6. The first-order chi connectivity index (χ1) is 11.0. The van der Waals surface area contributed by atoms with Gasteiger partial charge in [-0.2, -0.15) is 0 Å². The smallest absolute Gasteiger partial charge is 0.277 e. The highest BCUT2D eigenvalue weighted by molar-refractivity contribution is 5.98. The lowest BCUT2D eigenvalue weighted by Gasteiger charge is -2.15. The van der Waals surface area contributed by atoms with Crippen LogP contribution in [0.4, 0.5) is 5.69 Å². The minimum Gasteiger partial charge on any atom is -0.492 e. The van der Waals surface area contributed by atoms with Gasteiger partial charge in [-0.05, 0) is 5.56 Å². The van der Waals surface area contributed by atoms with Crippen LogP contribution in [0, 0.1) is 10.1 Å². The molecular formula is C16H16N2O5. The Labute approximate surface area is 132 Å². The number of nitrogens with two attached hydrogens (primary N) is 1. The largest absolute Gasteiger partial charge is 0.492 e. The van der Waals surface area contributed by atoms with Crippen LogP contribution in [-0.4, -0.2) is 25.1 Å². The molecule has 0 atom stereocenters. The van der Waals surface area contributed by atoms with E-state index in [9.17, 15) is 14.9 Å². The molecule has 2 rings (SSSR count). The molecule has 23 heavy (non-hydrogen) atoms. The summed E-state index contributed by atoms with van der Waals surface area (Å²) in [6.45, 7) is 0. The van der Waals surface area contributed by atoms with Crippen LogP contribution < -0.4 is 15.2 Å². The van der Waals surface area contributed by atoms with Crippen LogP contribution in [0.25, 0.3) is 0 Å². The Morgan fingerprint density at radius 1 is 1.17 bits per heavy atom. The average Bonchev–Trinajstić information content (AvgIpc) is 2.54. The number of amides is 1. The van der Waals surface area contributed by atoms with Crippen LogP contribution in [0.5, 0.6) is 11.5 Å². The first kappa shape index (κ1) is 16.3. The van der Waals surface area contributed by atoms with Crippen LogP contribution in [0.1, 0.15) is 21.5 Å². The number of ether oxygens (including phenoxy) is 2. The van der Waals surface area contributed by atoms with E-state index in [0.717, 1.165) is 11.6 Å². The normalized spacial score (nSPS) is 10.2. The molecule has 2 aromatic carbocycles. The fourth-order valence-corrected chi connectivity index (χ4v) is 2.40. The summed E-state index contributed by atoms with van der Waals surface area (Å²) in [5.41, 5.74) is 6.15. The van der Waals surface area contributed by atoms with Gasteiger partial charge in [-0.15, -0.1) is 0 Å². The quantitative estimate of drug-likeness (QED) is 0.650. The maximum Gasteiger partial charge on any atom is 0.277 e. The van der Waals surface area contributed by atoms with E-state index in [1.54, 1.807) is 0 Å². The number of benzene rings is 2. The molecular weight excluding hydrogens is 300 g/mol. The minimum atomic E-state index is -0.825. The maximum atomic E-state index is 11.6. The van der Waals surface area contributed by atoms with Crippen LogP contribution in [0.15, 0.2) is 36.4 Å². The summed E-state index contributed by atoms with van der Waals surface area (Å²) in [6, 6.07) is 10.3. The van der Waals surface area contributed by atoms with Gasteiger partial charge in [-0.1, -0.05) is 30.3 Å². The van der Waals surface area contributed by atoms with E-state index in [2.05, 4.69) is 0 Å². The van der Waals surface area contributed by atoms with Gasteiger partial charge in [0.05, 0.1) is 30.3 Å². The Balaban J connectivity index is 2.71. The molecule has 1 amide bonds. The molecule has 0 radical (unpaired) electrons. The van der Waals surface area contributed by atoms with Crippen molar-refractivity contribution < 1.29 is 19.2 Å². The number of carbonyl (C=O) groups is 1. The summed E-state index contributed by atoms with van der Waals surface area (Å²) >= 11 is 0. The molecule has 120 valence electrons. The fourth-order valence-electron chi connectivity index (χ4n) is 2.40. The van der Waals surface area contributed by atoms with Gasteiger partial charge in [0.1, 0.15) is 0 Å². The number of methoxy groups -OCH3 is 2. The highest BCUT2D eigenvalue weighted by Gasteiger charge is 2.28. The molecule has 0 aliphatic heterocycles. The van der Waals surface area contributed by atoms with Crippen molar-refractivity contribution in [2.45, 2.75) is 6.42 Å². The monoisotopic (exact) mass is 316 g/mol. The van der Waals surface area contributed by atoms with Crippen LogP contribution in [-0.2, 0) is 6.42 Å². The molecule has 0 spiro atoms. The molecule has 0 aliphatic carbocycles. The second kappa shape index (κ2) is 6.78. The number of carbonyl (C=O) groups excluding carboxylic acids is 1. The number of nitrogens with zero attached hydrogens (tertiary/aromatic N) is 1. The van der Waals surface area contributed by atoms with Crippen molar-refractivity contribution in [1.29, 1.82) is 0 Å². The van der Waals surface area contributed by atoms with Crippen LogP contribution >= 0.6 is 0 Å². The Morgan fingerprint density at radius 3 is 2.26 bits per heavy atom. The summed E-state index contributed by atoms with van der Waals surface area (Å²) in [6.07, 6.45) is 0.260. The number of hydrogen-bond donors (Lipinski definition) is 1. The Kier molecular flexibility index (Phi) is 4.80. The zero-order valence-electron chi connectivity index (χ0n) is 12.7. The van der Waals surface area contributed by atoms with Crippen molar-refractivity contribution in [1.82, 2.24) is 0 Å². The summed E-state index contributed by atoms with van der Waals surface area (Å²) < 4.78 is 10.5. The standard InChI is InChI=1S/C16H16N2O5/c1-22-14-11(8-10-6-4-3-5-7-10)13(18(20)21)9-12(16(17)19)15(14)23-2/h3-7,9H,8H2,1-2H3,(H2,17,19). The zero-order valence-corrected chi connectivity index (χ0v) is 12.7. The first-order valence-electron chi connectivity index (χ1n) is 6.75. The van der Waals surface area contributed by atoms with Crippen molar-refractivity contribution in [2.24, 2.45) is 5.73 Å². The molecule has 7 nitrogen and oxygen atoms in total. The van der Waals surface area contributed by atoms with Crippen molar-refractivity contribution in [3.8, 4) is 11.5 Å². The number of primary amides is 1. The number of nitro benzene ring substituents is 1. The van der Waals surface area contributed by atoms with Crippen molar-refractivity contribution in [2.75, 3.05) is 14.2 Å². The van der Waals surface area contributed by atoms with Gasteiger partial charge in [0.15, 0.2) is 11.5 Å². The highest BCUT2D eigenvalue weighted by Crippen LogP contribution is 2.41. The number of hydrogen-bond acceptors (Lipinski definition) is 5. The van der Waals surface area contributed by atoms with Gasteiger partial charge in [0.2, 0.25) is 0 Å². The van der Waals surface area contributed by atoms with E-state index >= 15 is 0 Å². The Morgan fingerprint density at radius 2 is 1.78 bits per heavy atom. The van der Waals surface area contributed by atoms with Gasteiger partial charge in [-0.25, -0.2) is 0 Å². The van der Waals surface area contributed by atoms with Gasteiger partial charge in [0.25, 0.3) is 11.6 Å². The lowest BCUT2D eigenvalue weighted by molar-refractivity contribution is -0.385. The molecule has 2 aromatic rings. The second-order valence-electron chi connectivity index (χ2n) is 4.77. The highest BCUT2D eigenvalue weighted by atomic mass is 16.6. The molecule has 2 N–H and O–H groups in total. The summed E-state index contributed by atoms with van der Waals surface area (Å²) in [4.78, 5) is 22.4.